The van der Waals surface area contributed by atoms with E-state index in [9.17, 15) is 9.59 Å². The number of ether oxygens (including phenoxy) is 1. The van der Waals surface area contributed by atoms with Crippen molar-refractivity contribution in [2.45, 2.75) is 12.4 Å². The molecular formula is C18H18ClNO3S. The van der Waals surface area contributed by atoms with Crippen molar-refractivity contribution in [3.63, 3.8) is 0 Å². The van der Waals surface area contributed by atoms with Crippen LogP contribution in [0.4, 0.5) is 0 Å². The second kappa shape index (κ2) is 10.0. The van der Waals surface area contributed by atoms with Crippen LogP contribution in [0.2, 0.25) is 5.02 Å². The second-order valence-electron chi connectivity index (χ2n) is 5.04. The van der Waals surface area contributed by atoms with E-state index < -0.39 is 5.97 Å². The van der Waals surface area contributed by atoms with Crippen LogP contribution >= 0.6 is 23.4 Å². The van der Waals surface area contributed by atoms with Gasteiger partial charge in [-0.15, -0.1) is 11.8 Å². The topological polar surface area (TPSA) is 55.4 Å². The van der Waals surface area contributed by atoms with Gasteiger partial charge in [-0.05, 0) is 23.3 Å². The molecule has 2 aromatic carbocycles. The summed E-state index contributed by atoms with van der Waals surface area (Å²) in [7, 11) is 0. The Kier molecular flexibility index (Phi) is 7.65. The number of benzene rings is 2. The Morgan fingerprint density at radius 2 is 1.71 bits per heavy atom. The molecule has 0 aliphatic heterocycles. The van der Waals surface area contributed by atoms with Gasteiger partial charge in [-0.2, -0.15) is 0 Å². The number of hydrogen-bond acceptors (Lipinski definition) is 4. The molecular weight excluding hydrogens is 346 g/mol. The van der Waals surface area contributed by atoms with E-state index in [4.69, 9.17) is 16.3 Å². The number of rotatable bonds is 8. The highest BCUT2D eigenvalue weighted by Crippen LogP contribution is 2.15. The Balaban J connectivity index is 1.58. The number of carbonyl (C=O) groups excluding carboxylic acids is 2. The quantitative estimate of drug-likeness (QED) is 0.730. The summed E-state index contributed by atoms with van der Waals surface area (Å²) in [5.74, 6) is 0.359. The predicted molar refractivity (Wildman–Crippen MR) is 96.9 cm³/mol. The number of halogens is 1. The Bertz CT molecular complexity index is 662. The van der Waals surface area contributed by atoms with Crippen molar-refractivity contribution < 1.29 is 14.3 Å². The van der Waals surface area contributed by atoms with Gasteiger partial charge < -0.3 is 10.1 Å². The number of thioether (sulfide) groups is 1. The maximum atomic E-state index is 11.7. The minimum absolute atomic E-state index is 0.118. The molecule has 0 aliphatic carbocycles. The molecule has 0 bridgehead atoms. The van der Waals surface area contributed by atoms with E-state index >= 15 is 0 Å². The fourth-order valence-corrected chi connectivity index (χ4v) is 2.80. The van der Waals surface area contributed by atoms with Crippen molar-refractivity contribution in [2.75, 3.05) is 12.3 Å². The molecule has 1 N–H and O–H groups in total. The van der Waals surface area contributed by atoms with E-state index in [1.54, 1.807) is 0 Å². The summed E-state index contributed by atoms with van der Waals surface area (Å²) in [6.07, 6.45) is 0. The first kappa shape index (κ1) is 18.4. The third-order valence-electron chi connectivity index (χ3n) is 3.09. The number of amides is 1. The van der Waals surface area contributed by atoms with Crippen LogP contribution in [0.15, 0.2) is 54.6 Å². The van der Waals surface area contributed by atoms with Gasteiger partial charge >= 0.3 is 5.97 Å². The predicted octanol–water partition coefficient (Wildman–Crippen LogP) is 3.43. The number of hydrogen-bond donors (Lipinski definition) is 1. The number of nitrogens with one attached hydrogen (secondary N) is 1. The molecule has 0 heterocycles. The first-order valence-electron chi connectivity index (χ1n) is 7.42. The van der Waals surface area contributed by atoms with Crippen molar-refractivity contribution in [1.29, 1.82) is 0 Å². The SMILES string of the molecule is O=C(CSCc1ccc(Cl)cc1)NCC(=O)OCc1ccccc1. The van der Waals surface area contributed by atoms with Crippen LogP contribution in [0.5, 0.6) is 0 Å². The normalized spacial score (nSPS) is 10.2. The molecule has 0 saturated heterocycles. The van der Waals surface area contributed by atoms with E-state index in [0.29, 0.717) is 10.8 Å². The molecule has 0 fully saturated rings. The largest absolute Gasteiger partial charge is 0.460 e. The van der Waals surface area contributed by atoms with E-state index in [-0.39, 0.29) is 24.8 Å². The Labute approximate surface area is 150 Å². The molecule has 0 unspecified atom stereocenters. The van der Waals surface area contributed by atoms with Crippen LogP contribution < -0.4 is 5.32 Å². The lowest BCUT2D eigenvalue weighted by molar-refractivity contribution is -0.145. The van der Waals surface area contributed by atoms with E-state index in [2.05, 4.69) is 5.32 Å². The zero-order chi connectivity index (χ0) is 17.2. The summed E-state index contributed by atoms with van der Waals surface area (Å²) in [4.78, 5) is 23.3. The van der Waals surface area contributed by atoms with Crippen molar-refractivity contribution in [3.05, 3.63) is 70.7 Å². The van der Waals surface area contributed by atoms with Crippen molar-refractivity contribution in [3.8, 4) is 0 Å². The molecule has 0 radical (unpaired) electrons. The highest BCUT2D eigenvalue weighted by molar-refractivity contribution is 7.99. The third kappa shape index (κ3) is 7.06. The molecule has 0 atom stereocenters. The summed E-state index contributed by atoms with van der Waals surface area (Å²) in [6, 6.07) is 16.9. The summed E-state index contributed by atoms with van der Waals surface area (Å²) in [5, 5.41) is 3.25. The smallest absolute Gasteiger partial charge is 0.325 e. The summed E-state index contributed by atoms with van der Waals surface area (Å²) in [6.45, 7) is 0.0913. The van der Waals surface area contributed by atoms with Crippen LogP contribution in [0.25, 0.3) is 0 Å². The molecule has 2 aromatic rings. The minimum atomic E-state index is -0.449. The lowest BCUT2D eigenvalue weighted by atomic mass is 10.2. The van der Waals surface area contributed by atoms with Gasteiger partial charge in [0, 0.05) is 10.8 Å². The van der Waals surface area contributed by atoms with Crippen molar-refractivity contribution in [2.24, 2.45) is 0 Å². The highest BCUT2D eigenvalue weighted by atomic mass is 35.5. The fourth-order valence-electron chi connectivity index (χ4n) is 1.85. The fraction of sp³-hybridized carbons (Fsp3) is 0.222. The average molecular weight is 364 g/mol. The molecule has 1 amide bonds. The Morgan fingerprint density at radius 1 is 1.00 bits per heavy atom. The van der Waals surface area contributed by atoms with Crippen molar-refractivity contribution >= 4 is 35.2 Å². The second-order valence-corrected chi connectivity index (χ2v) is 6.46. The zero-order valence-electron chi connectivity index (χ0n) is 13.0. The van der Waals surface area contributed by atoms with Crippen molar-refractivity contribution in [1.82, 2.24) is 5.32 Å². The molecule has 0 saturated carbocycles. The highest BCUT2D eigenvalue weighted by Gasteiger charge is 2.07. The van der Waals surface area contributed by atoms with E-state index in [0.717, 1.165) is 11.1 Å². The molecule has 4 nitrogen and oxygen atoms in total. The molecule has 0 spiro atoms. The van der Waals surface area contributed by atoms with Gasteiger partial charge in [0.15, 0.2) is 0 Å². The van der Waals surface area contributed by atoms with Gasteiger partial charge in [0.05, 0.1) is 5.75 Å². The van der Waals surface area contributed by atoms with Gasteiger partial charge in [0.2, 0.25) is 5.91 Å². The maximum absolute atomic E-state index is 11.7. The molecule has 6 heteroatoms. The van der Waals surface area contributed by atoms with Crippen LogP contribution in [-0.2, 0) is 26.7 Å². The van der Waals surface area contributed by atoms with Gasteiger partial charge in [0.25, 0.3) is 0 Å². The van der Waals surface area contributed by atoms with Gasteiger partial charge in [-0.1, -0.05) is 54.1 Å². The molecule has 0 aromatic heterocycles. The summed E-state index contributed by atoms with van der Waals surface area (Å²) < 4.78 is 5.09. The Hall–Kier alpha value is -1.98. The van der Waals surface area contributed by atoms with Gasteiger partial charge in [0.1, 0.15) is 13.2 Å². The molecule has 126 valence electrons. The number of esters is 1. The van der Waals surface area contributed by atoms with E-state index in [1.165, 1.54) is 11.8 Å². The minimum Gasteiger partial charge on any atom is -0.460 e. The third-order valence-corrected chi connectivity index (χ3v) is 4.34. The first-order chi connectivity index (χ1) is 11.6. The van der Waals surface area contributed by atoms with Gasteiger partial charge in [-0.3, -0.25) is 9.59 Å². The van der Waals surface area contributed by atoms with E-state index in [1.807, 2.05) is 54.6 Å². The summed E-state index contributed by atoms with van der Waals surface area (Å²) in [5.41, 5.74) is 2.01. The zero-order valence-corrected chi connectivity index (χ0v) is 14.6. The molecule has 24 heavy (non-hydrogen) atoms. The van der Waals surface area contributed by atoms with Crippen LogP contribution in [0, 0.1) is 0 Å². The molecule has 0 aliphatic rings. The Morgan fingerprint density at radius 3 is 2.42 bits per heavy atom. The monoisotopic (exact) mass is 363 g/mol. The lowest BCUT2D eigenvalue weighted by Gasteiger charge is -2.07. The number of carbonyl (C=O) groups is 2. The van der Waals surface area contributed by atoms with Crippen LogP contribution in [0.1, 0.15) is 11.1 Å². The lowest BCUT2D eigenvalue weighted by Crippen LogP contribution is -2.31. The average Bonchev–Trinajstić information content (AvgIpc) is 2.61. The van der Waals surface area contributed by atoms with Gasteiger partial charge in [-0.25, -0.2) is 0 Å². The molecule has 2 rings (SSSR count). The summed E-state index contributed by atoms with van der Waals surface area (Å²) >= 11 is 7.29. The van der Waals surface area contributed by atoms with Crippen LogP contribution in [-0.4, -0.2) is 24.2 Å². The standard InChI is InChI=1S/C18H18ClNO3S/c19-16-8-6-15(7-9-16)12-24-13-17(21)20-10-18(22)23-11-14-4-2-1-3-5-14/h1-9H,10-13H2,(H,20,21). The first-order valence-corrected chi connectivity index (χ1v) is 8.95. The maximum Gasteiger partial charge on any atom is 0.325 e. The van der Waals surface area contributed by atoms with Crippen LogP contribution in [0.3, 0.4) is 0 Å².